The molecule has 0 bridgehead atoms. The Morgan fingerprint density at radius 1 is 1.20 bits per heavy atom. The van der Waals surface area contributed by atoms with E-state index in [1.807, 2.05) is 0 Å². The minimum Gasteiger partial charge on any atom is -0.444 e. The summed E-state index contributed by atoms with van der Waals surface area (Å²) in [6.45, 7) is 10.3. The molecule has 1 amide bonds. The van der Waals surface area contributed by atoms with Gasteiger partial charge in [0.2, 0.25) is 0 Å². The van der Waals surface area contributed by atoms with Crippen molar-refractivity contribution in [3.63, 3.8) is 0 Å². The maximum atomic E-state index is 11.7. The molecular formula is C15H19NO4. The highest BCUT2D eigenvalue weighted by molar-refractivity contribution is 5.92. The van der Waals surface area contributed by atoms with Gasteiger partial charge in [-0.15, -0.1) is 0 Å². The summed E-state index contributed by atoms with van der Waals surface area (Å²) in [5, 5.41) is 2.54. The van der Waals surface area contributed by atoms with Crippen LogP contribution in [0.15, 0.2) is 36.4 Å². The zero-order valence-electron chi connectivity index (χ0n) is 12.1. The normalized spacial score (nSPS) is 10.6. The molecule has 0 aromatic heterocycles. The molecule has 1 aromatic carbocycles. The molecular weight excluding hydrogens is 258 g/mol. The van der Waals surface area contributed by atoms with E-state index >= 15 is 0 Å². The maximum absolute atomic E-state index is 11.7. The molecule has 0 aliphatic heterocycles. The fourth-order valence-corrected chi connectivity index (χ4v) is 1.26. The van der Waals surface area contributed by atoms with Gasteiger partial charge < -0.3 is 9.47 Å². The Labute approximate surface area is 118 Å². The maximum Gasteiger partial charge on any atom is 0.412 e. The third-order valence-electron chi connectivity index (χ3n) is 2.07. The van der Waals surface area contributed by atoms with Crippen LogP contribution < -0.4 is 10.1 Å². The highest BCUT2D eigenvalue weighted by Gasteiger charge is 2.18. The van der Waals surface area contributed by atoms with E-state index in [0.717, 1.165) is 0 Å². The van der Waals surface area contributed by atoms with Crippen molar-refractivity contribution in [3.8, 4) is 5.75 Å². The SMILES string of the molecule is C=C(C)C(=O)Oc1ccccc1NC(=O)OC(C)(C)C. The smallest absolute Gasteiger partial charge is 0.412 e. The number of esters is 1. The number of amides is 1. The summed E-state index contributed by atoms with van der Waals surface area (Å²) in [5.41, 5.74) is 0.0290. The highest BCUT2D eigenvalue weighted by atomic mass is 16.6. The molecule has 5 heteroatoms. The molecule has 0 unspecified atom stereocenters. The predicted molar refractivity (Wildman–Crippen MR) is 76.7 cm³/mol. The van der Waals surface area contributed by atoms with Gasteiger partial charge in [0.1, 0.15) is 5.60 Å². The van der Waals surface area contributed by atoms with Crippen molar-refractivity contribution in [2.24, 2.45) is 0 Å². The Morgan fingerprint density at radius 2 is 1.80 bits per heavy atom. The van der Waals surface area contributed by atoms with E-state index in [-0.39, 0.29) is 11.3 Å². The van der Waals surface area contributed by atoms with Gasteiger partial charge in [-0.1, -0.05) is 18.7 Å². The van der Waals surface area contributed by atoms with Crippen molar-refractivity contribution in [2.45, 2.75) is 33.3 Å². The number of hydrogen-bond donors (Lipinski definition) is 1. The largest absolute Gasteiger partial charge is 0.444 e. The molecule has 0 heterocycles. The molecule has 0 fully saturated rings. The molecule has 1 N–H and O–H groups in total. The van der Waals surface area contributed by atoms with E-state index in [1.165, 1.54) is 0 Å². The zero-order chi connectivity index (χ0) is 15.3. The van der Waals surface area contributed by atoms with Crippen LogP contribution in [0.5, 0.6) is 5.75 Å². The minimum atomic E-state index is -0.615. The van der Waals surface area contributed by atoms with Crippen molar-refractivity contribution >= 4 is 17.7 Å². The van der Waals surface area contributed by atoms with Gasteiger partial charge in [0.15, 0.2) is 5.75 Å². The van der Waals surface area contributed by atoms with E-state index in [4.69, 9.17) is 9.47 Å². The van der Waals surface area contributed by atoms with Crippen molar-refractivity contribution in [1.29, 1.82) is 0 Å². The fraction of sp³-hybridized carbons (Fsp3) is 0.333. The van der Waals surface area contributed by atoms with Crippen LogP contribution in [-0.4, -0.2) is 17.7 Å². The standard InChI is InChI=1S/C15H19NO4/c1-10(2)13(17)19-12-9-7-6-8-11(12)16-14(18)20-15(3,4)5/h6-9H,1H2,2-5H3,(H,16,18). The first-order valence-electron chi connectivity index (χ1n) is 6.16. The zero-order valence-corrected chi connectivity index (χ0v) is 12.1. The molecule has 1 rings (SSSR count). The summed E-state index contributed by atoms with van der Waals surface area (Å²) in [7, 11) is 0. The number of carbonyl (C=O) groups excluding carboxylic acids is 2. The van der Waals surface area contributed by atoms with Gasteiger partial charge >= 0.3 is 12.1 Å². The van der Waals surface area contributed by atoms with Crippen LogP contribution in [0.3, 0.4) is 0 Å². The van der Waals surface area contributed by atoms with E-state index in [9.17, 15) is 9.59 Å². The number of benzene rings is 1. The lowest BCUT2D eigenvalue weighted by Gasteiger charge is -2.20. The third kappa shape index (κ3) is 5.14. The third-order valence-corrected chi connectivity index (χ3v) is 2.07. The monoisotopic (exact) mass is 277 g/mol. The van der Waals surface area contributed by atoms with Gasteiger partial charge in [0.25, 0.3) is 0 Å². The molecule has 1 aromatic rings. The summed E-state index contributed by atoms with van der Waals surface area (Å²) in [4.78, 5) is 23.2. The quantitative estimate of drug-likeness (QED) is 0.521. The molecule has 5 nitrogen and oxygen atoms in total. The first-order chi connectivity index (χ1) is 9.19. The number of ether oxygens (including phenoxy) is 2. The molecule has 0 aliphatic rings. The lowest BCUT2D eigenvalue weighted by molar-refractivity contribution is -0.130. The minimum absolute atomic E-state index is 0.242. The van der Waals surface area contributed by atoms with E-state index in [1.54, 1.807) is 52.0 Å². The lowest BCUT2D eigenvalue weighted by atomic mass is 10.2. The van der Waals surface area contributed by atoms with E-state index in [0.29, 0.717) is 5.69 Å². The number of anilines is 1. The van der Waals surface area contributed by atoms with Crippen LogP contribution in [0.25, 0.3) is 0 Å². The number of carbonyl (C=O) groups is 2. The average molecular weight is 277 g/mol. The van der Waals surface area contributed by atoms with Crippen LogP contribution in [0.2, 0.25) is 0 Å². The molecule has 0 atom stereocenters. The second-order valence-corrected chi connectivity index (χ2v) is 5.29. The van der Waals surface area contributed by atoms with Crippen LogP contribution >= 0.6 is 0 Å². The van der Waals surface area contributed by atoms with Crippen LogP contribution in [0.1, 0.15) is 27.7 Å². The Hall–Kier alpha value is -2.30. The number of para-hydroxylation sites is 2. The van der Waals surface area contributed by atoms with Crippen LogP contribution in [0, 0.1) is 0 Å². The number of hydrogen-bond acceptors (Lipinski definition) is 4. The highest BCUT2D eigenvalue weighted by Crippen LogP contribution is 2.25. The van der Waals surface area contributed by atoms with Crippen molar-refractivity contribution in [1.82, 2.24) is 0 Å². The van der Waals surface area contributed by atoms with E-state index in [2.05, 4.69) is 11.9 Å². The van der Waals surface area contributed by atoms with Crippen molar-refractivity contribution < 1.29 is 19.1 Å². The van der Waals surface area contributed by atoms with Gasteiger partial charge in [-0.3, -0.25) is 5.32 Å². The molecule has 0 radical (unpaired) electrons. The Balaban J connectivity index is 2.83. The summed E-state index contributed by atoms with van der Waals surface area (Å²) < 4.78 is 10.3. The van der Waals surface area contributed by atoms with Gasteiger partial charge in [0.05, 0.1) is 5.69 Å². The molecule has 20 heavy (non-hydrogen) atoms. The molecule has 0 saturated heterocycles. The second-order valence-electron chi connectivity index (χ2n) is 5.29. The van der Waals surface area contributed by atoms with Crippen molar-refractivity contribution in [3.05, 3.63) is 36.4 Å². The molecule has 0 aliphatic carbocycles. The summed E-state index contributed by atoms with van der Waals surface area (Å²) >= 11 is 0. The van der Waals surface area contributed by atoms with Crippen LogP contribution in [-0.2, 0) is 9.53 Å². The molecule has 108 valence electrons. The molecule has 0 saturated carbocycles. The summed E-state index contributed by atoms with van der Waals surface area (Å²) in [6, 6.07) is 6.60. The summed E-state index contributed by atoms with van der Waals surface area (Å²) in [6.07, 6.45) is -0.615. The Bertz CT molecular complexity index is 529. The molecule has 0 spiro atoms. The Morgan fingerprint density at radius 3 is 2.35 bits per heavy atom. The Kier molecular flexibility index (Phi) is 4.91. The number of nitrogens with one attached hydrogen (secondary N) is 1. The van der Waals surface area contributed by atoms with Gasteiger partial charge in [-0.25, -0.2) is 9.59 Å². The first kappa shape index (κ1) is 15.8. The lowest BCUT2D eigenvalue weighted by Crippen LogP contribution is -2.27. The van der Waals surface area contributed by atoms with Gasteiger partial charge in [0, 0.05) is 5.57 Å². The second kappa shape index (κ2) is 6.23. The van der Waals surface area contributed by atoms with Gasteiger partial charge in [-0.2, -0.15) is 0 Å². The van der Waals surface area contributed by atoms with E-state index < -0.39 is 17.7 Å². The first-order valence-corrected chi connectivity index (χ1v) is 6.16. The average Bonchev–Trinajstić information content (AvgIpc) is 2.28. The topological polar surface area (TPSA) is 64.6 Å². The summed E-state index contributed by atoms with van der Waals surface area (Å²) in [5.74, 6) is -0.310. The van der Waals surface area contributed by atoms with Crippen molar-refractivity contribution in [2.75, 3.05) is 5.32 Å². The van der Waals surface area contributed by atoms with Gasteiger partial charge in [-0.05, 0) is 39.8 Å². The number of rotatable bonds is 3. The fourth-order valence-electron chi connectivity index (χ4n) is 1.26. The predicted octanol–water partition coefficient (Wildman–Crippen LogP) is 3.52. The van der Waals surface area contributed by atoms with Crippen LogP contribution in [0.4, 0.5) is 10.5 Å².